The van der Waals surface area contributed by atoms with Crippen molar-refractivity contribution in [3.05, 3.63) is 63.4 Å². The van der Waals surface area contributed by atoms with E-state index in [0.717, 1.165) is 6.07 Å². The van der Waals surface area contributed by atoms with Gasteiger partial charge in [0.05, 0.1) is 26.3 Å². The van der Waals surface area contributed by atoms with E-state index in [-0.39, 0.29) is 26.3 Å². The lowest BCUT2D eigenvalue weighted by Crippen LogP contribution is -2.05. The third-order valence-electron chi connectivity index (χ3n) is 2.76. The van der Waals surface area contributed by atoms with Crippen molar-refractivity contribution in [1.82, 2.24) is 0 Å². The third-order valence-corrected chi connectivity index (χ3v) is 5.18. The van der Waals surface area contributed by atoms with Gasteiger partial charge >= 0.3 is 0 Å². The normalized spacial score (nSPS) is 11.1. The molecule has 0 amide bonds. The first-order valence-electron chi connectivity index (χ1n) is 5.70. The van der Waals surface area contributed by atoms with Crippen LogP contribution in [0.1, 0.15) is 11.1 Å². The van der Waals surface area contributed by atoms with Crippen LogP contribution in [0.25, 0.3) is 0 Å². The van der Waals surface area contributed by atoms with Crippen LogP contribution in [-0.2, 0) is 15.6 Å². The Hall–Kier alpha value is -1.61. The molecule has 7 heteroatoms. The molecule has 21 heavy (non-hydrogen) atoms. The van der Waals surface area contributed by atoms with Gasteiger partial charge in [-0.25, -0.2) is 12.8 Å². The molecular formula is C14H8Cl2FNO2S. The summed E-state index contributed by atoms with van der Waals surface area (Å²) in [7, 11) is -3.67. The summed E-state index contributed by atoms with van der Waals surface area (Å²) in [6.07, 6.45) is 0. The number of rotatable bonds is 3. The van der Waals surface area contributed by atoms with Crippen molar-refractivity contribution in [2.75, 3.05) is 0 Å². The predicted octanol–water partition coefficient (Wildman–Crippen LogP) is 3.98. The summed E-state index contributed by atoms with van der Waals surface area (Å²) >= 11 is 11.5. The Morgan fingerprint density at radius 2 is 1.81 bits per heavy atom. The van der Waals surface area contributed by atoms with E-state index in [1.54, 1.807) is 6.07 Å². The quantitative estimate of drug-likeness (QED) is 0.846. The highest BCUT2D eigenvalue weighted by atomic mass is 35.5. The Balaban J connectivity index is 2.37. The zero-order valence-corrected chi connectivity index (χ0v) is 12.8. The van der Waals surface area contributed by atoms with Gasteiger partial charge < -0.3 is 0 Å². The average Bonchev–Trinajstić information content (AvgIpc) is 2.43. The number of nitrogens with zero attached hydrogens (tertiary/aromatic N) is 1. The van der Waals surface area contributed by atoms with Gasteiger partial charge in [-0.2, -0.15) is 5.26 Å². The van der Waals surface area contributed by atoms with Crippen molar-refractivity contribution in [3.63, 3.8) is 0 Å². The molecular weight excluding hydrogens is 336 g/mol. The number of sulfone groups is 1. The van der Waals surface area contributed by atoms with Gasteiger partial charge in [-0.05, 0) is 35.9 Å². The monoisotopic (exact) mass is 343 g/mol. The third kappa shape index (κ3) is 3.53. The molecule has 0 N–H and O–H groups in total. The van der Waals surface area contributed by atoms with Crippen LogP contribution in [0.5, 0.6) is 0 Å². The van der Waals surface area contributed by atoms with E-state index in [0.29, 0.717) is 5.56 Å². The van der Waals surface area contributed by atoms with Gasteiger partial charge in [0, 0.05) is 0 Å². The van der Waals surface area contributed by atoms with Gasteiger partial charge in [-0.15, -0.1) is 0 Å². The van der Waals surface area contributed by atoms with E-state index < -0.39 is 15.7 Å². The van der Waals surface area contributed by atoms with Crippen molar-refractivity contribution in [2.45, 2.75) is 10.6 Å². The Kier molecular flexibility index (Phi) is 4.52. The van der Waals surface area contributed by atoms with Crippen molar-refractivity contribution >= 4 is 33.0 Å². The van der Waals surface area contributed by atoms with E-state index in [9.17, 15) is 12.8 Å². The number of halogens is 3. The van der Waals surface area contributed by atoms with E-state index in [4.69, 9.17) is 28.5 Å². The minimum atomic E-state index is -3.67. The molecule has 2 aromatic rings. The van der Waals surface area contributed by atoms with Gasteiger partial charge in [0.15, 0.2) is 9.84 Å². The maximum atomic E-state index is 13.2. The van der Waals surface area contributed by atoms with Crippen LogP contribution in [0.4, 0.5) is 4.39 Å². The first-order valence-corrected chi connectivity index (χ1v) is 8.10. The molecule has 0 saturated carbocycles. The standard InChI is InChI=1S/C14H8Cl2FNO2S/c15-12-3-2-11(6-13(12)16)21(19,20)8-9-1-4-14(17)10(5-9)7-18/h1-6H,8H2. The van der Waals surface area contributed by atoms with Crippen LogP contribution in [0.3, 0.4) is 0 Å². The summed E-state index contributed by atoms with van der Waals surface area (Å²) in [6, 6.07) is 9.27. The summed E-state index contributed by atoms with van der Waals surface area (Å²) < 4.78 is 37.8. The summed E-state index contributed by atoms with van der Waals surface area (Å²) in [5.41, 5.74) is 0.121. The highest BCUT2D eigenvalue weighted by Gasteiger charge is 2.17. The maximum absolute atomic E-state index is 13.2. The van der Waals surface area contributed by atoms with Crippen LogP contribution >= 0.6 is 23.2 Å². The summed E-state index contributed by atoms with van der Waals surface area (Å²) in [4.78, 5) is 0.0136. The molecule has 0 fully saturated rings. The molecule has 108 valence electrons. The highest BCUT2D eigenvalue weighted by Crippen LogP contribution is 2.26. The van der Waals surface area contributed by atoms with E-state index in [2.05, 4.69) is 0 Å². The zero-order valence-electron chi connectivity index (χ0n) is 10.5. The topological polar surface area (TPSA) is 57.9 Å². The lowest BCUT2D eigenvalue weighted by molar-refractivity contribution is 0.594. The van der Waals surface area contributed by atoms with Crippen LogP contribution in [0.2, 0.25) is 10.0 Å². The van der Waals surface area contributed by atoms with Crippen molar-refractivity contribution in [2.24, 2.45) is 0 Å². The Labute approximate surface area is 131 Å². The number of nitriles is 1. The Morgan fingerprint density at radius 3 is 2.43 bits per heavy atom. The zero-order chi connectivity index (χ0) is 15.6. The maximum Gasteiger partial charge on any atom is 0.182 e. The molecule has 0 aliphatic carbocycles. The molecule has 2 aromatic carbocycles. The number of benzene rings is 2. The van der Waals surface area contributed by atoms with E-state index >= 15 is 0 Å². The first-order chi connectivity index (χ1) is 9.83. The molecule has 0 atom stereocenters. The minimum Gasteiger partial charge on any atom is -0.223 e. The molecule has 0 aliphatic heterocycles. The molecule has 0 heterocycles. The highest BCUT2D eigenvalue weighted by molar-refractivity contribution is 7.90. The fourth-order valence-corrected chi connectivity index (χ4v) is 3.44. The lowest BCUT2D eigenvalue weighted by atomic mass is 10.1. The number of hydrogen-bond acceptors (Lipinski definition) is 3. The van der Waals surface area contributed by atoms with E-state index in [1.165, 1.54) is 30.3 Å². The second-order valence-corrected chi connectivity index (χ2v) is 7.06. The average molecular weight is 344 g/mol. The van der Waals surface area contributed by atoms with Crippen LogP contribution < -0.4 is 0 Å². The van der Waals surface area contributed by atoms with Crippen molar-refractivity contribution < 1.29 is 12.8 Å². The number of hydrogen-bond donors (Lipinski definition) is 0. The van der Waals surface area contributed by atoms with Crippen molar-refractivity contribution in [1.29, 1.82) is 5.26 Å². The fraction of sp³-hybridized carbons (Fsp3) is 0.0714. The Bertz CT molecular complexity index is 845. The van der Waals surface area contributed by atoms with E-state index in [1.807, 2.05) is 0 Å². The largest absolute Gasteiger partial charge is 0.223 e. The smallest absolute Gasteiger partial charge is 0.182 e. The SMILES string of the molecule is N#Cc1cc(CS(=O)(=O)c2ccc(Cl)c(Cl)c2)ccc1F. The van der Waals surface area contributed by atoms with Crippen LogP contribution in [-0.4, -0.2) is 8.42 Å². The molecule has 0 unspecified atom stereocenters. The second kappa shape index (κ2) is 6.02. The molecule has 3 nitrogen and oxygen atoms in total. The Morgan fingerprint density at radius 1 is 1.10 bits per heavy atom. The van der Waals surface area contributed by atoms with Gasteiger partial charge in [-0.3, -0.25) is 0 Å². The predicted molar refractivity (Wildman–Crippen MR) is 78.5 cm³/mol. The first kappa shape index (κ1) is 15.8. The molecule has 0 saturated heterocycles. The summed E-state index contributed by atoms with van der Waals surface area (Å²) in [5, 5.41) is 9.14. The van der Waals surface area contributed by atoms with Crippen LogP contribution in [0, 0.1) is 17.1 Å². The fourth-order valence-electron chi connectivity index (χ4n) is 1.72. The molecule has 0 aliphatic rings. The van der Waals surface area contributed by atoms with Gasteiger partial charge in [-0.1, -0.05) is 29.3 Å². The minimum absolute atomic E-state index is 0.0136. The molecule has 0 spiro atoms. The van der Waals surface area contributed by atoms with Gasteiger partial charge in [0.1, 0.15) is 11.9 Å². The molecule has 2 rings (SSSR count). The van der Waals surface area contributed by atoms with Crippen molar-refractivity contribution in [3.8, 4) is 6.07 Å². The van der Waals surface area contributed by atoms with Crippen LogP contribution in [0.15, 0.2) is 41.3 Å². The van der Waals surface area contributed by atoms with Gasteiger partial charge in [0.2, 0.25) is 0 Å². The lowest BCUT2D eigenvalue weighted by Gasteiger charge is -2.06. The summed E-state index contributed by atoms with van der Waals surface area (Å²) in [5.74, 6) is -1.05. The molecule has 0 bridgehead atoms. The second-order valence-electron chi connectivity index (χ2n) is 4.26. The molecule has 0 aromatic heterocycles. The molecule has 0 radical (unpaired) electrons. The van der Waals surface area contributed by atoms with Gasteiger partial charge in [0.25, 0.3) is 0 Å². The summed E-state index contributed by atoms with van der Waals surface area (Å²) in [6.45, 7) is 0.